The summed E-state index contributed by atoms with van der Waals surface area (Å²) in [6, 6.07) is 5.45. The zero-order chi connectivity index (χ0) is 14.2. The molecule has 0 aliphatic rings. The molecule has 0 aliphatic carbocycles. The predicted octanol–water partition coefficient (Wildman–Crippen LogP) is 2.18. The molecule has 100 valence electrons. The number of hydrogen-bond donors (Lipinski definition) is 2. The van der Waals surface area contributed by atoms with Gasteiger partial charge < -0.3 is 11.1 Å². The first-order valence-corrected chi connectivity index (χ1v) is 6.07. The molecule has 0 aliphatic heterocycles. The van der Waals surface area contributed by atoms with Crippen molar-refractivity contribution in [3.05, 3.63) is 40.6 Å². The lowest BCUT2D eigenvalue weighted by atomic mass is 10.0. The number of nitrogens with one attached hydrogen (secondary N) is 1. The van der Waals surface area contributed by atoms with Gasteiger partial charge in [0.05, 0.1) is 5.69 Å². The van der Waals surface area contributed by atoms with Gasteiger partial charge >= 0.3 is 0 Å². The van der Waals surface area contributed by atoms with Gasteiger partial charge in [0.1, 0.15) is 5.82 Å². The Kier molecular flexibility index (Phi) is 3.29. The standard InChI is InChI=1S/C14H18N4O/c1-8-5-9(2)12(15)7-11(8)14(19)16-13-6-10(3)17-18(13)4/h5-7H,15H2,1-4H3,(H,16,19). The molecule has 0 unspecified atom stereocenters. The van der Waals surface area contributed by atoms with E-state index in [1.165, 1.54) is 0 Å². The summed E-state index contributed by atoms with van der Waals surface area (Å²) < 4.78 is 1.64. The van der Waals surface area contributed by atoms with Crippen molar-refractivity contribution in [2.24, 2.45) is 7.05 Å². The predicted molar refractivity (Wildman–Crippen MR) is 76.2 cm³/mol. The summed E-state index contributed by atoms with van der Waals surface area (Å²) in [6.07, 6.45) is 0. The molecule has 0 fully saturated rings. The molecule has 0 saturated carbocycles. The quantitative estimate of drug-likeness (QED) is 0.811. The minimum absolute atomic E-state index is 0.174. The van der Waals surface area contributed by atoms with E-state index in [4.69, 9.17) is 5.73 Å². The highest BCUT2D eigenvalue weighted by Crippen LogP contribution is 2.19. The second-order valence-electron chi connectivity index (χ2n) is 4.77. The van der Waals surface area contributed by atoms with E-state index < -0.39 is 0 Å². The molecule has 0 saturated heterocycles. The SMILES string of the molecule is Cc1cc(NC(=O)c2cc(N)c(C)cc2C)n(C)n1. The van der Waals surface area contributed by atoms with E-state index in [1.54, 1.807) is 17.8 Å². The summed E-state index contributed by atoms with van der Waals surface area (Å²) in [6.45, 7) is 5.70. The fraction of sp³-hybridized carbons (Fsp3) is 0.286. The molecule has 1 aromatic heterocycles. The monoisotopic (exact) mass is 258 g/mol. The van der Waals surface area contributed by atoms with Crippen LogP contribution < -0.4 is 11.1 Å². The summed E-state index contributed by atoms with van der Waals surface area (Å²) in [5, 5.41) is 7.03. The molecule has 3 N–H and O–H groups in total. The van der Waals surface area contributed by atoms with Gasteiger partial charge in [-0.3, -0.25) is 9.48 Å². The average molecular weight is 258 g/mol. The van der Waals surface area contributed by atoms with Gasteiger partial charge in [0.2, 0.25) is 0 Å². The van der Waals surface area contributed by atoms with Crippen LogP contribution in [-0.2, 0) is 7.05 Å². The second-order valence-corrected chi connectivity index (χ2v) is 4.77. The molecule has 1 aromatic carbocycles. The molecule has 0 spiro atoms. The molecule has 19 heavy (non-hydrogen) atoms. The molecule has 2 aromatic rings. The molecule has 0 bridgehead atoms. The average Bonchev–Trinajstić information content (AvgIpc) is 2.62. The van der Waals surface area contributed by atoms with Gasteiger partial charge in [-0.15, -0.1) is 0 Å². The van der Waals surface area contributed by atoms with Crippen molar-refractivity contribution in [3.8, 4) is 0 Å². The van der Waals surface area contributed by atoms with Gasteiger partial charge in [-0.2, -0.15) is 5.10 Å². The topological polar surface area (TPSA) is 72.9 Å². The number of aromatic nitrogens is 2. The van der Waals surface area contributed by atoms with Crippen LogP contribution in [0.15, 0.2) is 18.2 Å². The molecule has 5 nitrogen and oxygen atoms in total. The molecule has 0 atom stereocenters. The van der Waals surface area contributed by atoms with Gasteiger partial charge in [0, 0.05) is 24.4 Å². The molecular weight excluding hydrogens is 240 g/mol. The minimum Gasteiger partial charge on any atom is -0.398 e. The Morgan fingerprint density at radius 1 is 1.21 bits per heavy atom. The first kappa shape index (κ1) is 13.1. The van der Waals surface area contributed by atoms with E-state index in [-0.39, 0.29) is 5.91 Å². The van der Waals surface area contributed by atoms with Crippen molar-refractivity contribution in [1.82, 2.24) is 9.78 Å². The number of carbonyl (C=O) groups excluding carboxylic acids is 1. The number of nitrogens with zero attached hydrogens (tertiary/aromatic N) is 2. The van der Waals surface area contributed by atoms with Crippen molar-refractivity contribution in [3.63, 3.8) is 0 Å². The van der Waals surface area contributed by atoms with E-state index >= 15 is 0 Å². The highest BCUT2D eigenvalue weighted by Gasteiger charge is 2.13. The Morgan fingerprint density at radius 2 is 1.89 bits per heavy atom. The maximum Gasteiger partial charge on any atom is 0.257 e. The van der Waals surface area contributed by atoms with E-state index in [0.717, 1.165) is 16.8 Å². The van der Waals surface area contributed by atoms with Gasteiger partial charge in [0.25, 0.3) is 5.91 Å². The lowest BCUT2D eigenvalue weighted by Crippen LogP contribution is -2.16. The van der Waals surface area contributed by atoms with Crippen molar-refractivity contribution in [2.45, 2.75) is 20.8 Å². The summed E-state index contributed by atoms with van der Waals surface area (Å²) >= 11 is 0. The highest BCUT2D eigenvalue weighted by atomic mass is 16.1. The Labute approximate surface area is 112 Å². The number of benzene rings is 1. The Morgan fingerprint density at radius 3 is 2.47 bits per heavy atom. The van der Waals surface area contributed by atoms with Gasteiger partial charge in [-0.25, -0.2) is 0 Å². The molecule has 1 heterocycles. The maximum atomic E-state index is 12.3. The minimum atomic E-state index is -0.174. The number of aryl methyl sites for hydroxylation is 4. The van der Waals surface area contributed by atoms with Crippen LogP contribution in [0.25, 0.3) is 0 Å². The lowest BCUT2D eigenvalue weighted by Gasteiger charge is -2.10. The fourth-order valence-electron chi connectivity index (χ4n) is 2.02. The number of nitrogens with two attached hydrogens (primary N) is 1. The zero-order valence-corrected chi connectivity index (χ0v) is 11.6. The van der Waals surface area contributed by atoms with Crippen molar-refractivity contribution < 1.29 is 4.79 Å². The Bertz CT molecular complexity index is 643. The molecule has 0 radical (unpaired) electrons. The van der Waals surface area contributed by atoms with E-state index in [1.807, 2.05) is 32.9 Å². The molecule has 2 rings (SSSR count). The summed E-state index contributed by atoms with van der Waals surface area (Å²) in [7, 11) is 1.79. The number of anilines is 2. The van der Waals surface area contributed by atoms with Crippen LogP contribution in [0.3, 0.4) is 0 Å². The lowest BCUT2D eigenvalue weighted by molar-refractivity contribution is 0.102. The third-order valence-electron chi connectivity index (χ3n) is 3.10. The van der Waals surface area contributed by atoms with Crippen molar-refractivity contribution >= 4 is 17.4 Å². The van der Waals surface area contributed by atoms with Crippen molar-refractivity contribution in [1.29, 1.82) is 0 Å². The molecule has 5 heteroatoms. The van der Waals surface area contributed by atoms with Gasteiger partial charge in [-0.05, 0) is 38.0 Å². The summed E-state index contributed by atoms with van der Waals surface area (Å²) in [4.78, 5) is 12.3. The maximum absolute atomic E-state index is 12.3. The molecule has 1 amide bonds. The van der Waals surface area contributed by atoms with E-state index in [9.17, 15) is 4.79 Å². The summed E-state index contributed by atoms with van der Waals surface area (Å²) in [5.41, 5.74) is 9.81. The number of nitrogen functional groups attached to an aromatic ring is 1. The van der Waals surface area contributed by atoms with Gasteiger partial charge in [-0.1, -0.05) is 6.07 Å². The van der Waals surface area contributed by atoms with Crippen LogP contribution in [-0.4, -0.2) is 15.7 Å². The largest absolute Gasteiger partial charge is 0.398 e. The fourth-order valence-corrected chi connectivity index (χ4v) is 2.02. The molecular formula is C14H18N4O. The van der Waals surface area contributed by atoms with E-state index in [2.05, 4.69) is 10.4 Å². The Hall–Kier alpha value is -2.30. The highest BCUT2D eigenvalue weighted by molar-refractivity contribution is 6.05. The zero-order valence-electron chi connectivity index (χ0n) is 11.6. The normalized spacial score (nSPS) is 10.5. The van der Waals surface area contributed by atoms with Crippen molar-refractivity contribution in [2.75, 3.05) is 11.1 Å². The van der Waals surface area contributed by atoms with Crippen LogP contribution >= 0.6 is 0 Å². The van der Waals surface area contributed by atoms with E-state index in [0.29, 0.717) is 17.1 Å². The van der Waals surface area contributed by atoms with Crippen LogP contribution in [0.2, 0.25) is 0 Å². The number of hydrogen-bond acceptors (Lipinski definition) is 3. The number of amides is 1. The third-order valence-corrected chi connectivity index (χ3v) is 3.10. The van der Waals surface area contributed by atoms with Gasteiger partial charge in [0.15, 0.2) is 0 Å². The number of rotatable bonds is 2. The first-order chi connectivity index (χ1) is 8.88. The number of carbonyl (C=O) groups is 1. The third kappa shape index (κ3) is 2.59. The smallest absolute Gasteiger partial charge is 0.257 e. The van der Waals surface area contributed by atoms with Crippen LogP contribution in [0, 0.1) is 20.8 Å². The van der Waals surface area contributed by atoms with Crippen LogP contribution in [0.4, 0.5) is 11.5 Å². The second kappa shape index (κ2) is 4.76. The summed E-state index contributed by atoms with van der Waals surface area (Å²) in [5.74, 6) is 0.494. The Balaban J connectivity index is 2.30. The van der Waals surface area contributed by atoms with Crippen LogP contribution in [0.5, 0.6) is 0 Å². The first-order valence-electron chi connectivity index (χ1n) is 6.07. The van der Waals surface area contributed by atoms with Crippen LogP contribution in [0.1, 0.15) is 27.2 Å².